The lowest BCUT2D eigenvalue weighted by atomic mass is 10.2. The highest BCUT2D eigenvalue weighted by atomic mass is 16.5. The highest BCUT2D eigenvalue weighted by Crippen LogP contribution is 2.10. The first-order chi connectivity index (χ1) is 7.27. The van der Waals surface area contributed by atoms with Gasteiger partial charge in [0, 0.05) is 6.07 Å². The highest BCUT2D eigenvalue weighted by Gasteiger charge is 2.16. The van der Waals surface area contributed by atoms with Gasteiger partial charge in [-0.25, -0.2) is 4.98 Å². The van der Waals surface area contributed by atoms with Gasteiger partial charge in [0.25, 0.3) is 0 Å². The fraction of sp³-hybridized carbons (Fsp3) is 0.200. The number of aromatic nitrogens is 2. The molecule has 78 valence electrons. The molecular weight excluding hydrogens is 196 g/mol. The smallest absolute Gasteiger partial charge is 0.242 e. The van der Waals surface area contributed by atoms with Crippen LogP contribution in [0.15, 0.2) is 24.3 Å². The number of aliphatic hydroxyl groups excluding tert-OH is 2. The van der Waals surface area contributed by atoms with Gasteiger partial charge in [0.2, 0.25) is 11.2 Å². The van der Waals surface area contributed by atoms with Crippen molar-refractivity contribution in [1.29, 1.82) is 0 Å². The van der Waals surface area contributed by atoms with Crippen LogP contribution < -0.4 is 4.73 Å². The van der Waals surface area contributed by atoms with Gasteiger partial charge in [0.05, 0.1) is 6.61 Å². The average Bonchev–Trinajstić information content (AvgIpc) is 2.29. The van der Waals surface area contributed by atoms with Gasteiger partial charge in [-0.2, -0.15) is 4.73 Å². The molecule has 0 amide bonds. The third kappa shape index (κ3) is 1.51. The van der Waals surface area contributed by atoms with E-state index in [0.717, 1.165) is 0 Å². The number of aliphatic hydroxyl groups is 2. The largest absolute Gasteiger partial charge is 0.618 e. The van der Waals surface area contributed by atoms with Crippen LogP contribution in [0, 0.1) is 5.21 Å². The molecule has 0 unspecified atom stereocenters. The molecule has 1 heterocycles. The fourth-order valence-electron chi connectivity index (χ4n) is 1.49. The number of fused-ring (bicyclic) bond motifs is 1. The molecule has 0 atom stereocenters. The Hall–Kier alpha value is -1.72. The Balaban J connectivity index is 2.81. The standard InChI is InChI=1S/C10H10N2O3/c13-5-8-10(6-14)12(15)9-4-2-1-3-7(9)11-8/h1-4,13-14H,5-6H2. The molecule has 0 saturated carbocycles. The summed E-state index contributed by atoms with van der Waals surface area (Å²) >= 11 is 0. The van der Waals surface area contributed by atoms with E-state index in [1.54, 1.807) is 24.3 Å². The van der Waals surface area contributed by atoms with Crippen LogP contribution in [0.1, 0.15) is 11.4 Å². The second kappa shape index (κ2) is 3.80. The molecular formula is C10H10N2O3. The average molecular weight is 206 g/mol. The second-order valence-electron chi connectivity index (χ2n) is 3.10. The molecule has 0 aliphatic carbocycles. The lowest BCUT2D eigenvalue weighted by Gasteiger charge is -2.08. The van der Waals surface area contributed by atoms with E-state index in [2.05, 4.69) is 4.98 Å². The maximum Gasteiger partial charge on any atom is 0.242 e. The molecule has 0 radical (unpaired) electrons. The van der Waals surface area contributed by atoms with E-state index < -0.39 is 6.61 Å². The van der Waals surface area contributed by atoms with E-state index in [1.165, 1.54) is 0 Å². The zero-order valence-corrected chi connectivity index (χ0v) is 7.92. The van der Waals surface area contributed by atoms with Crippen molar-refractivity contribution < 1.29 is 14.9 Å². The van der Waals surface area contributed by atoms with Gasteiger partial charge in [0.1, 0.15) is 17.8 Å². The third-order valence-corrected chi connectivity index (χ3v) is 2.23. The third-order valence-electron chi connectivity index (χ3n) is 2.23. The van der Waals surface area contributed by atoms with Crippen molar-refractivity contribution in [2.24, 2.45) is 0 Å². The molecule has 5 heteroatoms. The first kappa shape index (κ1) is 9.82. The quantitative estimate of drug-likeness (QED) is 0.529. The number of para-hydroxylation sites is 2. The highest BCUT2D eigenvalue weighted by molar-refractivity contribution is 5.70. The van der Waals surface area contributed by atoms with E-state index in [0.29, 0.717) is 15.8 Å². The predicted molar refractivity (Wildman–Crippen MR) is 52.5 cm³/mol. The van der Waals surface area contributed by atoms with Crippen molar-refractivity contribution in [3.8, 4) is 0 Å². The molecule has 0 spiro atoms. The van der Waals surface area contributed by atoms with E-state index in [4.69, 9.17) is 10.2 Å². The zero-order valence-electron chi connectivity index (χ0n) is 7.92. The van der Waals surface area contributed by atoms with Crippen LogP contribution in [0.2, 0.25) is 0 Å². The monoisotopic (exact) mass is 206 g/mol. The summed E-state index contributed by atoms with van der Waals surface area (Å²) < 4.78 is 0.605. The summed E-state index contributed by atoms with van der Waals surface area (Å²) in [5.74, 6) is 0. The SMILES string of the molecule is [O-][n+]1c(CO)c(CO)nc2ccccc21. The molecule has 0 fully saturated rings. The predicted octanol–water partition coefficient (Wildman–Crippen LogP) is -0.147. The Morgan fingerprint density at radius 2 is 1.93 bits per heavy atom. The molecule has 0 aliphatic heterocycles. The first-order valence-electron chi connectivity index (χ1n) is 4.49. The summed E-state index contributed by atoms with van der Waals surface area (Å²) in [7, 11) is 0. The Bertz CT molecular complexity index is 499. The Kier molecular flexibility index (Phi) is 2.49. The van der Waals surface area contributed by atoms with Crippen LogP contribution in [0.25, 0.3) is 11.0 Å². The normalized spacial score (nSPS) is 10.8. The van der Waals surface area contributed by atoms with E-state index in [1.807, 2.05) is 0 Å². The Morgan fingerprint density at radius 1 is 1.20 bits per heavy atom. The number of hydrogen-bond acceptors (Lipinski definition) is 4. The zero-order chi connectivity index (χ0) is 10.8. The van der Waals surface area contributed by atoms with Crippen molar-refractivity contribution >= 4 is 11.0 Å². The molecule has 15 heavy (non-hydrogen) atoms. The van der Waals surface area contributed by atoms with Crippen LogP contribution in [0.4, 0.5) is 0 Å². The first-order valence-corrected chi connectivity index (χ1v) is 4.49. The van der Waals surface area contributed by atoms with Crippen molar-refractivity contribution in [2.75, 3.05) is 0 Å². The summed E-state index contributed by atoms with van der Waals surface area (Å²) in [4.78, 5) is 4.09. The number of nitrogens with zero attached hydrogens (tertiary/aromatic N) is 2. The van der Waals surface area contributed by atoms with Crippen molar-refractivity contribution in [3.05, 3.63) is 40.9 Å². The van der Waals surface area contributed by atoms with Gasteiger partial charge in [-0.1, -0.05) is 12.1 Å². The lowest BCUT2D eigenvalue weighted by molar-refractivity contribution is -0.589. The summed E-state index contributed by atoms with van der Waals surface area (Å²) in [5.41, 5.74) is 1.20. The van der Waals surface area contributed by atoms with Gasteiger partial charge in [-0.05, 0) is 6.07 Å². The van der Waals surface area contributed by atoms with Gasteiger partial charge >= 0.3 is 0 Å². The minimum Gasteiger partial charge on any atom is -0.618 e. The second-order valence-corrected chi connectivity index (χ2v) is 3.10. The van der Waals surface area contributed by atoms with Gasteiger partial charge in [0.15, 0.2) is 0 Å². The van der Waals surface area contributed by atoms with Crippen LogP contribution >= 0.6 is 0 Å². The van der Waals surface area contributed by atoms with Crippen LogP contribution in [-0.4, -0.2) is 15.2 Å². The molecule has 0 aliphatic rings. The molecule has 1 aromatic carbocycles. The molecule has 2 aromatic rings. The van der Waals surface area contributed by atoms with Gasteiger partial charge < -0.3 is 15.4 Å². The van der Waals surface area contributed by atoms with Crippen LogP contribution in [-0.2, 0) is 13.2 Å². The topological polar surface area (TPSA) is 80.3 Å². The Labute approximate surface area is 85.8 Å². The van der Waals surface area contributed by atoms with Crippen molar-refractivity contribution in [2.45, 2.75) is 13.2 Å². The molecule has 1 aromatic heterocycles. The summed E-state index contributed by atoms with van der Waals surface area (Å²) in [5, 5.41) is 29.8. The molecule has 2 N–H and O–H groups in total. The lowest BCUT2D eigenvalue weighted by Crippen LogP contribution is -2.35. The minimum atomic E-state index is -0.433. The molecule has 0 saturated heterocycles. The molecule has 5 nitrogen and oxygen atoms in total. The van der Waals surface area contributed by atoms with Crippen molar-refractivity contribution in [1.82, 2.24) is 4.98 Å². The minimum absolute atomic E-state index is 0.0937. The van der Waals surface area contributed by atoms with Crippen LogP contribution in [0.5, 0.6) is 0 Å². The Morgan fingerprint density at radius 3 is 2.60 bits per heavy atom. The number of hydrogen-bond donors (Lipinski definition) is 2. The van der Waals surface area contributed by atoms with Gasteiger partial charge in [-0.15, -0.1) is 0 Å². The maximum atomic E-state index is 11.7. The van der Waals surface area contributed by atoms with Crippen molar-refractivity contribution in [3.63, 3.8) is 0 Å². The fourth-order valence-corrected chi connectivity index (χ4v) is 1.49. The van der Waals surface area contributed by atoms with E-state index in [-0.39, 0.29) is 18.0 Å². The summed E-state index contributed by atoms with van der Waals surface area (Å²) in [6, 6.07) is 6.78. The molecule has 0 bridgehead atoms. The number of rotatable bonds is 2. The number of benzene rings is 1. The maximum absolute atomic E-state index is 11.7. The van der Waals surface area contributed by atoms with Crippen LogP contribution in [0.3, 0.4) is 0 Å². The van der Waals surface area contributed by atoms with E-state index >= 15 is 0 Å². The van der Waals surface area contributed by atoms with E-state index in [9.17, 15) is 5.21 Å². The summed E-state index contributed by atoms with van der Waals surface area (Å²) in [6.45, 7) is -0.791. The molecule has 2 rings (SSSR count). The summed E-state index contributed by atoms with van der Waals surface area (Å²) in [6.07, 6.45) is 0. The van der Waals surface area contributed by atoms with Gasteiger partial charge in [-0.3, -0.25) is 0 Å².